The van der Waals surface area contributed by atoms with E-state index in [-0.39, 0.29) is 0 Å². The smallest absolute Gasteiger partial charge is 0.161 e. The molecule has 0 atom stereocenters. The van der Waals surface area contributed by atoms with Gasteiger partial charge in [-0.2, -0.15) is 0 Å². The van der Waals surface area contributed by atoms with Crippen LogP contribution in [0.15, 0.2) is 54.6 Å². The Morgan fingerprint density at radius 1 is 0.769 bits per heavy atom. The highest BCUT2D eigenvalue weighted by atomic mass is 16.5. The Morgan fingerprint density at radius 3 is 2.15 bits per heavy atom. The average molecular weight is 354 g/mol. The summed E-state index contributed by atoms with van der Waals surface area (Å²) < 4.78 is 11.2. The topological polar surface area (TPSA) is 24.9 Å². The summed E-state index contributed by atoms with van der Waals surface area (Å²) in [5.41, 5.74) is 1.41. The van der Waals surface area contributed by atoms with Gasteiger partial charge in [0.05, 0.1) is 13.7 Å². The van der Waals surface area contributed by atoms with Crippen molar-refractivity contribution in [1.29, 1.82) is 0 Å². The van der Waals surface area contributed by atoms with Crippen LogP contribution in [0.4, 0.5) is 0 Å². The highest BCUT2D eigenvalue weighted by molar-refractivity contribution is 5.39. The van der Waals surface area contributed by atoms with Crippen molar-refractivity contribution in [2.75, 3.05) is 46.4 Å². The maximum Gasteiger partial charge on any atom is 0.161 e. The standard InChI is InChI=1S/C22H30N2O2/c1-25-21-11-5-6-12-22(21)26-18-8-7-13-23-14-16-24(17-15-23)19-20-9-3-2-4-10-20/h2-6,9-12H,7-8,13-19H2,1H3. The highest BCUT2D eigenvalue weighted by Crippen LogP contribution is 2.25. The molecule has 140 valence electrons. The molecule has 1 fully saturated rings. The van der Waals surface area contributed by atoms with Gasteiger partial charge in [0.15, 0.2) is 11.5 Å². The number of hydrogen-bond donors (Lipinski definition) is 0. The van der Waals surface area contributed by atoms with E-state index in [1.807, 2.05) is 24.3 Å². The second kappa shape index (κ2) is 10.2. The quantitative estimate of drug-likeness (QED) is 0.642. The van der Waals surface area contributed by atoms with E-state index in [1.54, 1.807) is 7.11 Å². The van der Waals surface area contributed by atoms with Crippen LogP contribution in [-0.4, -0.2) is 56.2 Å². The largest absolute Gasteiger partial charge is 0.493 e. The van der Waals surface area contributed by atoms with Crippen LogP contribution in [0, 0.1) is 0 Å². The lowest BCUT2D eigenvalue weighted by Gasteiger charge is -2.34. The summed E-state index contributed by atoms with van der Waals surface area (Å²) in [5.74, 6) is 1.64. The first-order valence-corrected chi connectivity index (χ1v) is 9.59. The molecule has 2 aromatic rings. The number of hydrogen-bond acceptors (Lipinski definition) is 4. The normalized spacial score (nSPS) is 15.7. The Labute approximate surface area is 157 Å². The van der Waals surface area contributed by atoms with Crippen LogP contribution in [0.1, 0.15) is 18.4 Å². The third-order valence-electron chi connectivity index (χ3n) is 4.91. The summed E-state index contributed by atoms with van der Waals surface area (Å²) in [7, 11) is 1.68. The molecule has 0 aromatic heterocycles. The van der Waals surface area contributed by atoms with E-state index < -0.39 is 0 Å². The Kier molecular flexibility index (Phi) is 7.35. The SMILES string of the molecule is COc1ccccc1OCCCCN1CCN(Cc2ccccc2)CC1. The molecular formula is C22H30N2O2. The number of methoxy groups -OCH3 is 1. The number of benzene rings is 2. The van der Waals surface area contributed by atoms with Gasteiger partial charge in [0, 0.05) is 32.7 Å². The molecule has 0 bridgehead atoms. The lowest BCUT2D eigenvalue weighted by Crippen LogP contribution is -2.46. The third kappa shape index (κ3) is 5.75. The van der Waals surface area contributed by atoms with Crippen LogP contribution in [0.5, 0.6) is 11.5 Å². The summed E-state index contributed by atoms with van der Waals surface area (Å²) >= 11 is 0. The molecule has 1 heterocycles. The number of piperazine rings is 1. The van der Waals surface area contributed by atoms with E-state index >= 15 is 0 Å². The summed E-state index contributed by atoms with van der Waals surface area (Å²) in [4.78, 5) is 5.13. The molecule has 0 unspecified atom stereocenters. The molecule has 1 saturated heterocycles. The van der Waals surface area contributed by atoms with Gasteiger partial charge in [-0.25, -0.2) is 0 Å². The fourth-order valence-electron chi connectivity index (χ4n) is 3.37. The lowest BCUT2D eigenvalue weighted by atomic mass is 10.2. The molecule has 0 N–H and O–H groups in total. The number of ether oxygens (including phenoxy) is 2. The maximum absolute atomic E-state index is 5.85. The van der Waals surface area contributed by atoms with Crippen LogP contribution in [-0.2, 0) is 6.54 Å². The fourth-order valence-corrected chi connectivity index (χ4v) is 3.37. The molecule has 4 heteroatoms. The molecule has 1 aliphatic heterocycles. The van der Waals surface area contributed by atoms with Gasteiger partial charge >= 0.3 is 0 Å². The molecule has 1 aliphatic rings. The van der Waals surface area contributed by atoms with Gasteiger partial charge in [0.25, 0.3) is 0 Å². The van der Waals surface area contributed by atoms with E-state index in [2.05, 4.69) is 40.1 Å². The zero-order valence-electron chi connectivity index (χ0n) is 15.8. The van der Waals surface area contributed by atoms with Gasteiger partial charge in [-0.15, -0.1) is 0 Å². The minimum Gasteiger partial charge on any atom is -0.493 e. The van der Waals surface area contributed by atoms with Crippen molar-refractivity contribution in [2.24, 2.45) is 0 Å². The number of rotatable bonds is 9. The monoisotopic (exact) mass is 354 g/mol. The molecule has 0 saturated carbocycles. The van der Waals surface area contributed by atoms with Gasteiger partial charge in [-0.1, -0.05) is 42.5 Å². The predicted molar refractivity (Wildman–Crippen MR) is 106 cm³/mol. The second-order valence-corrected chi connectivity index (χ2v) is 6.81. The molecule has 3 rings (SSSR count). The Hall–Kier alpha value is -2.04. The first-order valence-electron chi connectivity index (χ1n) is 9.59. The third-order valence-corrected chi connectivity index (χ3v) is 4.91. The molecule has 0 aliphatic carbocycles. The zero-order valence-corrected chi connectivity index (χ0v) is 15.8. The summed E-state index contributed by atoms with van der Waals surface area (Å²) in [5, 5.41) is 0. The van der Waals surface area contributed by atoms with E-state index in [1.165, 1.54) is 25.1 Å². The summed E-state index contributed by atoms with van der Waals surface area (Å²) in [6.45, 7) is 7.63. The van der Waals surface area contributed by atoms with Crippen LogP contribution in [0.3, 0.4) is 0 Å². The van der Waals surface area contributed by atoms with Crippen LogP contribution < -0.4 is 9.47 Å². The van der Waals surface area contributed by atoms with Crippen molar-refractivity contribution < 1.29 is 9.47 Å². The van der Waals surface area contributed by atoms with E-state index in [0.29, 0.717) is 0 Å². The van der Waals surface area contributed by atoms with E-state index in [4.69, 9.17) is 9.47 Å². The van der Waals surface area contributed by atoms with Crippen LogP contribution in [0.2, 0.25) is 0 Å². The van der Waals surface area contributed by atoms with Crippen LogP contribution >= 0.6 is 0 Å². The van der Waals surface area contributed by atoms with Crippen molar-refractivity contribution in [3.8, 4) is 11.5 Å². The number of nitrogens with zero attached hydrogens (tertiary/aromatic N) is 2. The van der Waals surface area contributed by atoms with Crippen molar-refractivity contribution in [1.82, 2.24) is 9.80 Å². The van der Waals surface area contributed by atoms with Crippen molar-refractivity contribution in [3.05, 3.63) is 60.2 Å². The lowest BCUT2D eigenvalue weighted by molar-refractivity contribution is 0.124. The maximum atomic E-state index is 5.85. The van der Waals surface area contributed by atoms with Crippen LogP contribution in [0.25, 0.3) is 0 Å². The zero-order chi connectivity index (χ0) is 18.0. The van der Waals surface area contributed by atoms with Gasteiger partial charge in [-0.3, -0.25) is 4.90 Å². The van der Waals surface area contributed by atoms with E-state index in [9.17, 15) is 0 Å². The van der Waals surface area contributed by atoms with Crippen molar-refractivity contribution in [3.63, 3.8) is 0 Å². The second-order valence-electron chi connectivity index (χ2n) is 6.81. The minimum atomic E-state index is 0.744. The van der Waals surface area contributed by atoms with Gasteiger partial charge in [0.2, 0.25) is 0 Å². The van der Waals surface area contributed by atoms with Gasteiger partial charge in [0.1, 0.15) is 0 Å². The van der Waals surface area contributed by atoms with Crippen molar-refractivity contribution in [2.45, 2.75) is 19.4 Å². The molecule has 0 spiro atoms. The first-order chi connectivity index (χ1) is 12.8. The number of unbranched alkanes of at least 4 members (excludes halogenated alkanes) is 1. The predicted octanol–water partition coefficient (Wildman–Crippen LogP) is 3.67. The Balaban J connectivity index is 1.28. The van der Waals surface area contributed by atoms with Crippen molar-refractivity contribution >= 4 is 0 Å². The molecule has 0 amide bonds. The summed E-state index contributed by atoms with van der Waals surface area (Å²) in [6, 6.07) is 18.6. The average Bonchev–Trinajstić information content (AvgIpc) is 2.70. The van der Waals surface area contributed by atoms with Gasteiger partial charge in [-0.05, 0) is 37.1 Å². The molecule has 26 heavy (non-hydrogen) atoms. The van der Waals surface area contributed by atoms with Gasteiger partial charge < -0.3 is 14.4 Å². The molecule has 2 aromatic carbocycles. The first kappa shape index (κ1) is 18.7. The molecular weight excluding hydrogens is 324 g/mol. The molecule has 0 radical (unpaired) electrons. The number of para-hydroxylation sites is 2. The minimum absolute atomic E-state index is 0.744. The van der Waals surface area contributed by atoms with E-state index in [0.717, 1.165) is 50.7 Å². The summed E-state index contributed by atoms with van der Waals surface area (Å²) in [6.07, 6.45) is 2.25. The Morgan fingerprint density at radius 2 is 1.42 bits per heavy atom. The molecule has 4 nitrogen and oxygen atoms in total. The Bertz CT molecular complexity index is 640. The fraction of sp³-hybridized carbons (Fsp3) is 0.455. The highest BCUT2D eigenvalue weighted by Gasteiger charge is 2.16.